The zero-order valence-electron chi connectivity index (χ0n) is 14.9. The Morgan fingerprint density at radius 2 is 1.96 bits per heavy atom. The van der Waals surface area contributed by atoms with Crippen LogP contribution in [0.2, 0.25) is 0 Å². The van der Waals surface area contributed by atoms with E-state index in [1.807, 2.05) is 36.6 Å². The fraction of sp³-hybridized carbons (Fsp3) is 0.421. The van der Waals surface area contributed by atoms with E-state index in [0.717, 1.165) is 5.69 Å². The molecule has 2 aliphatic rings. The second kappa shape index (κ2) is 5.81. The van der Waals surface area contributed by atoms with Gasteiger partial charge in [-0.15, -0.1) is 11.3 Å². The lowest BCUT2D eigenvalue weighted by Gasteiger charge is -2.20. The van der Waals surface area contributed by atoms with Crippen LogP contribution < -0.4 is 5.32 Å². The van der Waals surface area contributed by atoms with Crippen LogP contribution in [-0.4, -0.2) is 23.0 Å². The molecule has 1 spiro atoms. The van der Waals surface area contributed by atoms with Gasteiger partial charge in [0.15, 0.2) is 16.1 Å². The van der Waals surface area contributed by atoms with E-state index in [9.17, 15) is 9.59 Å². The van der Waals surface area contributed by atoms with E-state index in [1.54, 1.807) is 13.8 Å². The maximum absolute atomic E-state index is 12.5. The van der Waals surface area contributed by atoms with Crippen LogP contribution in [0.3, 0.4) is 0 Å². The minimum absolute atomic E-state index is 0.260. The van der Waals surface area contributed by atoms with Gasteiger partial charge in [-0.25, -0.2) is 4.98 Å². The van der Waals surface area contributed by atoms with Gasteiger partial charge < -0.3 is 14.8 Å². The van der Waals surface area contributed by atoms with Gasteiger partial charge in [-0.1, -0.05) is 17.7 Å². The Labute approximate surface area is 155 Å². The molecule has 0 saturated carbocycles. The van der Waals surface area contributed by atoms with Gasteiger partial charge in [0.25, 0.3) is 0 Å². The minimum atomic E-state index is -1.19. The van der Waals surface area contributed by atoms with Gasteiger partial charge in [-0.2, -0.15) is 0 Å². The monoisotopic (exact) mass is 372 g/mol. The van der Waals surface area contributed by atoms with Crippen molar-refractivity contribution < 1.29 is 19.1 Å². The van der Waals surface area contributed by atoms with Crippen molar-refractivity contribution in [2.24, 2.45) is 5.41 Å². The summed E-state index contributed by atoms with van der Waals surface area (Å²) >= 11 is 1.44. The third-order valence-electron chi connectivity index (χ3n) is 5.03. The number of aromatic nitrogens is 1. The maximum Gasteiger partial charge on any atom is 0.324 e. The number of hydrogen-bond acceptors (Lipinski definition) is 7. The number of ether oxygens (including phenoxy) is 2. The Morgan fingerprint density at radius 3 is 2.62 bits per heavy atom. The fourth-order valence-corrected chi connectivity index (χ4v) is 4.54. The van der Waals surface area contributed by atoms with Crippen LogP contribution in [0.4, 0.5) is 10.8 Å². The predicted octanol–water partition coefficient (Wildman–Crippen LogP) is 3.68. The van der Waals surface area contributed by atoms with Crippen molar-refractivity contribution in [1.29, 1.82) is 0 Å². The van der Waals surface area contributed by atoms with Crippen molar-refractivity contribution in [3.63, 3.8) is 0 Å². The molecule has 2 aromatic rings. The van der Waals surface area contributed by atoms with E-state index in [0.29, 0.717) is 17.2 Å². The maximum atomic E-state index is 12.5. The first-order chi connectivity index (χ1) is 12.3. The number of cyclic esters (lactones) is 2. The molecule has 3 unspecified atom stereocenters. The molecule has 0 radical (unpaired) electrons. The van der Waals surface area contributed by atoms with Gasteiger partial charge in [-0.3, -0.25) is 9.59 Å². The fourth-order valence-electron chi connectivity index (χ4n) is 3.69. The normalized spacial score (nSPS) is 30.5. The molecule has 26 heavy (non-hydrogen) atoms. The smallest absolute Gasteiger partial charge is 0.324 e. The van der Waals surface area contributed by atoms with Crippen molar-refractivity contribution in [1.82, 2.24) is 4.98 Å². The highest BCUT2D eigenvalue weighted by molar-refractivity contribution is 7.13. The molecule has 0 aliphatic carbocycles. The van der Waals surface area contributed by atoms with E-state index < -0.39 is 23.0 Å². The van der Waals surface area contributed by atoms with E-state index in [1.165, 1.54) is 16.9 Å². The number of esters is 2. The molecule has 6 nitrogen and oxygen atoms in total. The van der Waals surface area contributed by atoms with Crippen molar-refractivity contribution in [2.45, 2.75) is 45.3 Å². The van der Waals surface area contributed by atoms with Gasteiger partial charge in [-0.05, 0) is 32.9 Å². The first kappa shape index (κ1) is 17.0. The molecule has 1 N–H and O–H groups in total. The van der Waals surface area contributed by atoms with Crippen LogP contribution in [0.1, 0.15) is 37.9 Å². The quantitative estimate of drug-likeness (QED) is 0.654. The first-order valence-electron chi connectivity index (χ1n) is 8.55. The van der Waals surface area contributed by atoms with Gasteiger partial charge >= 0.3 is 11.9 Å². The van der Waals surface area contributed by atoms with Gasteiger partial charge in [0.2, 0.25) is 0 Å². The summed E-state index contributed by atoms with van der Waals surface area (Å²) in [5.41, 5.74) is 0.653. The first-order valence-corrected chi connectivity index (χ1v) is 9.43. The third-order valence-corrected chi connectivity index (χ3v) is 5.79. The number of thiazole rings is 1. The van der Waals surface area contributed by atoms with Crippen LogP contribution in [0.25, 0.3) is 0 Å². The molecule has 2 fully saturated rings. The molecule has 0 amide bonds. The van der Waals surface area contributed by atoms with Crippen molar-refractivity contribution in [3.05, 3.63) is 40.9 Å². The number of anilines is 2. The molecule has 1 aromatic carbocycles. The Morgan fingerprint density at radius 1 is 1.23 bits per heavy atom. The van der Waals surface area contributed by atoms with E-state index >= 15 is 0 Å². The Balaban J connectivity index is 1.56. The SMILES string of the molecule is Cc1ccc(Nc2nc(C3(C)CC4(CC(C)OC4=O)C(=O)O3)cs2)cc1. The number of nitrogens with one attached hydrogen (secondary N) is 1. The van der Waals surface area contributed by atoms with E-state index in [4.69, 9.17) is 9.47 Å². The summed E-state index contributed by atoms with van der Waals surface area (Å²) in [5.74, 6) is -0.984. The molecule has 1 aromatic heterocycles. The molecular formula is C19H20N2O4S. The van der Waals surface area contributed by atoms with Crippen LogP contribution in [-0.2, 0) is 24.7 Å². The summed E-state index contributed by atoms with van der Waals surface area (Å²) in [6.07, 6.45) is 0.348. The van der Waals surface area contributed by atoms with Crippen LogP contribution >= 0.6 is 11.3 Å². The number of rotatable bonds is 3. The summed E-state index contributed by atoms with van der Waals surface area (Å²) < 4.78 is 10.9. The highest BCUT2D eigenvalue weighted by Crippen LogP contribution is 2.52. The van der Waals surface area contributed by atoms with Gasteiger partial charge in [0.1, 0.15) is 6.10 Å². The van der Waals surface area contributed by atoms with E-state index in [-0.39, 0.29) is 12.5 Å². The molecule has 7 heteroatoms. The number of nitrogens with zero attached hydrogens (tertiary/aromatic N) is 1. The number of aryl methyl sites for hydroxylation is 1. The second-order valence-corrected chi connectivity index (χ2v) is 8.19. The highest BCUT2D eigenvalue weighted by Gasteiger charge is 2.65. The highest BCUT2D eigenvalue weighted by atomic mass is 32.1. The van der Waals surface area contributed by atoms with Crippen molar-refractivity contribution in [3.8, 4) is 0 Å². The number of carbonyl (C=O) groups excluding carboxylic acids is 2. The zero-order chi connectivity index (χ0) is 18.5. The standard InChI is InChI=1S/C19H20N2O4S/c1-11-4-6-13(7-5-11)20-17-21-14(9-26-17)18(3)10-19(16(23)25-18)8-12(2)24-15(19)22/h4-7,9,12H,8,10H2,1-3H3,(H,20,21). The molecular weight excluding hydrogens is 352 g/mol. The predicted molar refractivity (Wildman–Crippen MR) is 97.2 cm³/mol. The average Bonchev–Trinajstić information content (AvgIpc) is 3.22. The lowest BCUT2D eigenvalue weighted by atomic mass is 9.78. The number of hydrogen-bond donors (Lipinski definition) is 1. The van der Waals surface area contributed by atoms with Crippen LogP contribution in [0.15, 0.2) is 29.6 Å². The summed E-state index contributed by atoms with van der Waals surface area (Å²) in [6.45, 7) is 5.63. The molecule has 0 bridgehead atoms. The number of benzene rings is 1. The lowest BCUT2D eigenvalue weighted by molar-refractivity contribution is -0.160. The van der Waals surface area contributed by atoms with E-state index in [2.05, 4.69) is 10.3 Å². The Bertz CT molecular complexity index is 878. The zero-order valence-corrected chi connectivity index (χ0v) is 15.7. The van der Waals surface area contributed by atoms with Crippen molar-refractivity contribution in [2.75, 3.05) is 5.32 Å². The average molecular weight is 372 g/mol. The second-order valence-electron chi connectivity index (χ2n) is 7.33. The Hall–Kier alpha value is -2.41. The van der Waals surface area contributed by atoms with Gasteiger partial charge in [0.05, 0.1) is 5.69 Å². The summed E-state index contributed by atoms with van der Waals surface area (Å²) in [4.78, 5) is 29.4. The summed E-state index contributed by atoms with van der Waals surface area (Å²) in [7, 11) is 0. The molecule has 136 valence electrons. The number of carbonyl (C=O) groups is 2. The Kier molecular flexibility index (Phi) is 3.80. The van der Waals surface area contributed by atoms with Crippen molar-refractivity contribution >= 4 is 34.1 Å². The largest absolute Gasteiger partial charge is 0.462 e. The lowest BCUT2D eigenvalue weighted by Crippen LogP contribution is -2.31. The molecule has 4 rings (SSSR count). The van der Waals surface area contributed by atoms with Crippen LogP contribution in [0.5, 0.6) is 0 Å². The molecule has 2 saturated heterocycles. The molecule has 3 atom stereocenters. The van der Waals surface area contributed by atoms with Crippen LogP contribution in [0, 0.1) is 12.3 Å². The minimum Gasteiger partial charge on any atom is -0.462 e. The third kappa shape index (κ3) is 2.67. The molecule has 3 heterocycles. The topological polar surface area (TPSA) is 77.5 Å². The molecule has 2 aliphatic heterocycles. The summed E-state index contributed by atoms with van der Waals surface area (Å²) in [6, 6.07) is 8.01. The summed E-state index contributed by atoms with van der Waals surface area (Å²) in [5, 5.41) is 5.84. The van der Waals surface area contributed by atoms with Gasteiger partial charge in [0, 0.05) is 23.9 Å².